The van der Waals surface area contributed by atoms with Crippen molar-refractivity contribution in [2.24, 2.45) is 0 Å². The molecule has 150 valence electrons. The average Bonchev–Trinajstić information content (AvgIpc) is 2.58. The molecule has 0 saturated carbocycles. The van der Waals surface area contributed by atoms with Gasteiger partial charge in [0, 0.05) is 12.3 Å². The van der Waals surface area contributed by atoms with E-state index < -0.39 is 0 Å². The zero-order valence-corrected chi connectivity index (χ0v) is 17.8. The topological polar surface area (TPSA) is 26.3 Å². The van der Waals surface area contributed by atoms with E-state index in [2.05, 4.69) is 6.92 Å². The van der Waals surface area contributed by atoms with Crippen LogP contribution in [-0.2, 0) is 9.53 Å². The van der Waals surface area contributed by atoms with Crippen LogP contribution in [0.15, 0.2) is 0 Å². The Kier molecular flexibility index (Phi) is 19.9. The number of ether oxygens (including phenoxy) is 1. The predicted molar refractivity (Wildman–Crippen MR) is 110 cm³/mol. The van der Waals surface area contributed by atoms with Crippen molar-refractivity contribution in [2.45, 2.75) is 129 Å². The molecule has 3 heteroatoms. The normalized spacial score (nSPS) is 12.3. The minimum absolute atomic E-state index is 0.0404. The van der Waals surface area contributed by atoms with Gasteiger partial charge in [0.2, 0.25) is 0 Å². The number of carbonyl (C=O) groups excluding carboxylic acids is 1. The molecule has 2 nitrogen and oxygen atoms in total. The van der Waals surface area contributed by atoms with E-state index in [0.717, 1.165) is 19.3 Å². The van der Waals surface area contributed by atoms with Gasteiger partial charge in [0.15, 0.2) is 0 Å². The van der Waals surface area contributed by atoms with Gasteiger partial charge in [0.25, 0.3) is 0 Å². The SMILES string of the molecule is CCCCCCCCCCCCCCCCCC(=O)OC(C)CCCl. The molecular weight excluding hydrogens is 332 g/mol. The maximum Gasteiger partial charge on any atom is 0.306 e. The fourth-order valence-electron chi connectivity index (χ4n) is 3.14. The van der Waals surface area contributed by atoms with Crippen molar-refractivity contribution >= 4 is 17.6 Å². The molecule has 0 rings (SSSR count). The third-order valence-corrected chi connectivity index (χ3v) is 5.05. The smallest absolute Gasteiger partial charge is 0.306 e. The van der Waals surface area contributed by atoms with Gasteiger partial charge >= 0.3 is 5.97 Å². The van der Waals surface area contributed by atoms with Gasteiger partial charge in [-0.25, -0.2) is 0 Å². The standard InChI is InChI=1S/C22H43ClO2/c1-3-4-5-6-7-8-9-10-11-12-13-14-15-16-17-18-22(24)25-21(2)19-20-23/h21H,3-20H2,1-2H3. The Morgan fingerprint density at radius 3 is 1.56 bits per heavy atom. The molecule has 0 bridgehead atoms. The lowest BCUT2D eigenvalue weighted by molar-refractivity contribution is -0.148. The van der Waals surface area contributed by atoms with Crippen LogP contribution in [0.2, 0.25) is 0 Å². The van der Waals surface area contributed by atoms with Gasteiger partial charge < -0.3 is 4.74 Å². The summed E-state index contributed by atoms with van der Waals surface area (Å²) >= 11 is 5.63. The second-order valence-electron chi connectivity index (χ2n) is 7.48. The molecule has 0 aromatic carbocycles. The van der Waals surface area contributed by atoms with Gasteiger partial charge in [-0.05, 0) is 19.8 Å². The molecule has 0 aliphatic rings. The van der Waals surface area contributed by atoms with E-state index in [0.29, 0.717) is 12.3 Å². The van der Waals surface area contributed by atoms with Crippen LogP contribution in [0.5, 0.6) is 0 Å². The van der Waals surface area contributed by atoms with Crippen LogP contribution in [0.4, 0.5) is 0 Å². The maximum absolute atomic E-state index is 11.6. The molecule has 25 heavy (non-hydrogen) atoms. The third kappa shape index (κ3) is 19.9. The average molecular weight is 375 g/mol. The number of halogens is 1. The Hall–Kier alpha value is -0.240. The monoisotopic (exact) mass is 374 g/mol. The van der Waals surface area contributed by atoms with Crippen LogP contribution in [-0.4, -0.2) is 18.0 Å². The Morgan fingerprint density at radius 1 is 0.760 bits per heavy atom. The molecule has 0 saturated heterocycles. The summed E-state index contributed by atoms with van der Waals surface area (Å²) in [5.74, 6) is 0.486. The number of esters is 1. The summed E-state index contributed by atoms with van der Waals surface area (Å²) in [6, 6.07) is 0. The first-order valence-corrected chi connectivity index (χ1v) is 11.5. The highest BCUT2D eigenvalue weighted by atomic mass is 35.5. The zero-order valence-electron chi connectivity index (χ0n) is 17.0. The Morgan fingerprint density at radius 2 is 1.16 bits per heavy atom. The number of alkyl halides is 1. The van der Waals surface area contributed by atoms with Gasteiger partial charge in [0.1, 0.15) is 6.10 Å². The number of unbranched alkanes of at least 4 members (excludes halogenated alkanes) is 14. The molecular formula is C22H43ClO2. The third-order valence-electron chi connectivity index (χ3n) is 4.83. The summed E-state index contributed by atoms with van der Waals surface area (Å²) < 4.78 is 5.29. The summed E-state index contributed by atoms with van der Waals surface area (Å²) in [5.41, 5.74) is 0. The largest absolute Gasteiger partial charge is 0.463 e. The van der Waals surface area contributed by atoms with E-state index in [4.69, 9.17) is 16.3 Å². The van der Waals surface area contributed by atoms with Crippen molar-refractivity contribution in [3.8, 4) is 0 Å². The van der Waals surface area contributed by atoms with Crippen molar-refractivity contribution in [1.82, 2.24) is 0 Å². The van der Waals surface area contributed by atoms with Crippen molar-refractivity contribution in [1.29, 1.82) is 0 Å². The van der Waals surface area contributed by atoms with E-state index in [9.17, 15) is 4.79 Å². The minimum Gasteiger partial charge on any atom is -0.463 e. The first-order valence-electron chi connectivity index (χ1n) is 11.0. The summed E-state index contributed by atoms with van der Waals surface area (Å²) in [6.45, 7) is 4.19. The molecule has 0 N–H and O–H groups in total. The first-order chi connectivity index (χ1) is 12.2. The predicted octanol–water partition coefficient (Wildman–Crippen LogP) is 7.81. The lowest BCUT2D eigenvalue weighted by Crippen LogP contribution is -2.15. The molecule has 0 aliphatic heterocycles. The van der Waals surface area contributed by atoms with Crippen molar-refractivity contribution in [3.63, 3.8) is 0 Å². The summed E-state index contributed by atoms with van der Waals surface area (Å²) in [6.07, 6.45) is 21.4. The van der Waals surface area contributed by atoms with Gasteiger partial charge in [-0.15, -0.1) is 11.6 Å². The molecule has 0 amide bonds. The highest BCUT2D eigenvalue weighted by Crippen LogP contribution is 2.14. The molecule has 0 fully saturated rings. The molecule has 1 atom stereocenters. The van der Waals surface area contributed by atoms with Gasteiger partial charge in [-0.1, -0.05) is 96.8 Å². The molecule has 0 spiro atoms. The highest BCUT2D eigenvalue weighted by Gasteiger charge is 2.08. The van der Waals surface area contributed by atoms with Crippen molar-refractivity contribution in [2.75, 3.05) is 5.88 Å². The first kappa shape index (κ1) is 24.8. The quantitative estimate of drug-likeness (QED) is 0.131. The zero-order chi connectivity index (χ0) is 18.6. The Labute approximate surface area is 162 Å². The molecule has 0 aromatic rings. The fourth-order valence-corrected chi connectivity index (χ4v) is 3.44. The summed E-state index contributed by atoms with van der Waals surface area (Å²) in [5, 5.41) is 0. The molecule has 0 aromatic heterocycles. The van der Waals surface area contributed by atoms with Crippen LogP contribution in [0.3, 0.4) is 0 Å². The Balaban J connectivity index is 3.15. The van der Waals surface area contributed by atoms with E-state index in [1.165, 1.54) is 83.5 Å². The number of rotatable bonds is 19. The second kappa shape index (κ2) is 20.1. The van der Waals surface area contributed by atoms with E-state index >= 15 is 0 Å². The van der Waals surface area contributed by atoms with Crippen LogP contribution in [0, 0.1) is 0 Å². The molecule has 1 unspecified atom stereocenters. The van der Waals surface area contributed by atoms with Crippen LogP contribution < -0.4 is 0 Å². The lowest BCUT2D eigenvalue weighted by atomic mass is 10.0. The van der Waals surface area contributed by atoms with E-state index in [1.54, 1.807) is 0 Å². The highest BCUT2D eigenvalue weighted by molar-refractivity contribution is 6.17. The fraction of sp³-hybridized carbons (Fsp3) is 0.955. The molecule has 0 radical (unpaired) electrons. The molecule has 0 heterocycles. The number of carbonyl (C=O) groups is 1. The van der Waals surface area contributed by atoms with Gasteiger partial charge in [-0.3, -0.25) is 4.79 Å². The lowest BCUT2D eigenvalue weighted by Gasteiger charge is -2.11. The van der Waals surface area contributed by atoms with Gasteiger partial charge in [-0.2, -0.15) is 0 Å². The maximum atomic E-state index is 11.6. The Bertz CT molecular complexity index is 281. The van der Waals surface area contributed by atoms with E-state index in [1.807, 2.05) is 6.92 Å². The van der Waals surface area contributed by atoms with Crippen molar-refractivity contribution in [3.05, 3.63) is 0 Å². The number of hydrogen-bond acceptors (Lipinski definition) is 2. The van der Waals surface area contributed by atoms with Crippen LogP contribution in [0.25, 0.3) is 0 Å². The van der Waals surface area contributed by atoms with Crippen LogP contribution >= 0.6 is 11.6 Å². The number of hydrogen-bond donors (Lipinski definition) is 0. The van der Waals surface area contributed by atoms with Crippen molar-refractivity contribution < 1.29 is 9.53 Å². The minimum atomic E-state index is -0.0627. The molecule has 0 aliphatic carbocycles. The van der Waals surface area contributed by atoms with E-state index in [-0.39, 0.29) is 12.1 Å². The van der Waals surface area contributed by atoms with Crippen LogP contribution in [0.1, 0.15) is 123 Å². The summed E-state index contributed by atoms with van der Waals surface area (Å²) in [4.78, 5) is 11.6. The second-order valence-corrected chi connectivity index (χ2v) is 7.86. The summed E-state index contributed by atoms with van der Waals surface area (Å²) in [7, 11) is 0. The van der Waals surface area contributed by atoms with Gasteiger partial charge in [0.05, 0.1) is 0 Å².